The topological polar surface area (TPSA) is 12.0 Å². The van der Waals surface area contributed by atoms with Crippen molar-refractivity contribution in [1.29, 1.82) is 0 Å². The predicted molar refractivity (Wildman–Crippen MR) is 51.3 cm³/mol. The van der Waals surface area contributed by atoms with Crippen molar-refractivity contribution in [2.75, 3.05) is 6.54 Å². The lowest BCUT2D eigenvalue weighted by Crippen LogP contribution is -2.15. The monoisotopic (exact) mass is 217 g/mol. The molecule has 1 N–H and O–H groups in total. The molecule has 0 aliphatic carbocycles. The van der Waals surface area contributed by atoms with Gasteiger partial charge in [0.2, 0.25) is 0 Å². The maximum atomic E-state index is 13.4. The third kappa shape index (κ3) is 1.62. The summed E-state index contributed by atoms with van der Waals surface area (Å²) in [5, 5.41) is 3.00. The summed E-state index contributed by atoms with van der Waals surface area (Å²) in [6.07, 6.45) is 1.77. The van der Waals surface area contributed by atoms with Gasteiger partial charge in [0.05, 0.1) is 5.02 Å². The molecule has 1 fully saturated rings. The van der Waals surface area contributed by atoms with Gasteiger partial charge in [-0.3, -0.25) is 0 Å². The van der Waals surface area contributed by atoms with Crippen LogP contribution in [-0.4, -0.2) is 6.54 Å². The average molecular weight is 218 g/mol. The molecule has 0 unspecified atom stereocenters. The Bertz CT molecular complexity index is 348. The van der Waals surface area contributed by atoms with E-state index in [1.807, 2.05) is 0 Å². The van der Waals surface area contributed by atoms with Crippen molar-refractivity contribution < 1.29 is 8.78 Å². The van der Waals surface area contributed by atoms with Gasteiger partial charge in [-0.05, 0) is 31.5 Å². The van der Waals surface area contributed by atoms with Gasteiger partial charge in [-0.2, -0.15) is 0 Å². The molecule has 0 aromatic heterocycles. The van der Waals surface area contributed by atoms with E-state index in [-0.39, 0.29) is 16.6 Å². The maximum absolute atomic E-state index is 13.4. The SMILES string of the molecule is Fc1ccc(F)c([C@@H]2CCCN2)c1Cl. The predicted octanol–water partition coefficient (Wildman–Crippen LogP) is 3.04. The van der Waals surface area contributed by atoms with Crippen LogP contribution >= 0.6 is 11.6 Å². The highest BCUT2D eigenvalue weighted by Gasteiger charge is 2.23. The Morgan fingerprint density at radius 1 is 1.29 bits per heavy atom. The van der Waals surface area contributed by atoms with Crippen LogP contribution in [0, 0.1) is 11.6 Å². The number of halogens is 3. The van der Waals surface area contributed by atoms with E-state index in [2.05, 4.69) is 5.32 Å². The summed E-state index contributed by atoms with van der Waals surface area (Å²) < 4.78 is 26.5. The second kappa shape index (κ2) is 3.83. The van der Waals surface area contributed by atoms with Crippen LogP contribution in [0.2, 0.25) is 5.02 Å². The number of benzene rings is 1. The Labute approximate surface area is 86.1 Å². The van der Waals surface area contributed by atoms with E-state index in [1.54, 1.807) is 0 Å². The molecule has 2 rings (SSSR count). The van der Waals surface area contributed by atoms with E-state index in [9.17, 15) is 8.78 Å². The molecule has 1 saturated heterocycles. The summed E-state index contributed by atoms with van der Waals surface area (Å²) in [6.45, 7) is 0.830. The quantitative estimate of drug-likeness (QED) is 0.713. The van der Waals surface area contributed by atoms with Gasteiger partial charge >= 0.3 is 0 Å². The lowest BCUT2D eigenvalue weighted by Gasteiger charge is -2.13. The summed E-state index contributed by atoms with van der Waals surface area (Å²) >= 11 is 5.72. The molecule has 1 aliphatic heterocycles. The van der Waals surface area contributed by atoms with E-state index in [0.29, 0.717) is 0 Å². The molecule has 1 heterocycles. The van der Waals surface area contributed by atoms with Crippen molar-refractivity contribution >= 4 is 11.6 Å². The minimum atomic E-state index is -0.559. The van der Waals surface area contributed by atoms with Gasteiger partial charge in [-0.15, -0.1) is 0 Å². The molecule has 1 aliphatic rings. The molecule has 1 atom stereocenters. The van der Waals surface area contributed by atoms with E-state index in [0.717, 1.165) is 31.5 Å². The summed E-state index contributed by atoms with van der Waals surface area (Å²) in [5.41, 5.74) is 0.268. The zero-order valence-corrected chi connectivity index (χ0v) is 8.24. The van der Waals surface area contributed by atoms with Gasteiger partial charge in [0.1, 0.15) is 11.6 Å². The lowest BCUT2D eigenvalue weighted by atomic mass is 10.0. The fourth-order valence-corrected chi connectivity index (χ4v) is 2.08. The second-order valence-corrected chi connectivity index (χ2v) is 3.78. The van der Waals surface area contributed by atoms with Crippen molar-refractivity contribution in [3.05, 3.63) is 34.4 Å². The highest BCUT2D eigenvalue weighted by atomic mass is 35.5. The Hall–Kier alpha value is -0.670. The number of rotatable bonds is 1. The zero-order chi connectivity index (χ0) is 10.1. The molecule has 14 heavy (non-hydrogen) atoms. The van der Waals surface area contributed by atoms with Crippen LogP contribution in [0.3, 0.4) is 0 Å². The van der Waals surface area contributed by atoms with Crippen LogP contribution in [0.15, 0.2) is 12.1 Å². The maximum Gasteiger partial charge on any atom is 0.142 e. The van der Waals surface area contributed by atoms with Crippen LogP contribution in [-0.2, 0) is 0 Å². The fourth-order valence-electron chi connectivity index (χ4n) is 1.79. The standard InChI is InChI=1S/C10H10ClF2N/c11-10-7(13)4-3-6(12)9(10)8-2-1-5-14-8/h3-4,8,14H,1-2,5H2/t8-/m0/s1. The first-order valence-electron chi connectivity index (χ1n) is 4.57. The smallest absolute Gasteiger partial charge is 0.142 e. The zero-order valence-electron chi connectivity index (χ0n) is 7.49. The van der Waals surface area contributed by atoms with Gasteiger partial charge in [-0.1, -0.05) is 11.6 Å². The van der Waals surface area contributed by atoms with E-state index < -0.39 is 11.6 Å². The Balaban J connectivity index is 2.44. The molecule has 0 radical (unpaired) electrons. The Morgan fingerprint density at radius 2 is 2.00 bits per heavy atom. The van der Waals surface area contributed by atoms with Crippen molar-refractivity contribution in [2.24, 2.45) is 0 Å². The van der Waals surface area contributed by atoms with Gasteiger partial charge < -0.3 is 5.32 Å². The lowest BCUT2D eigenvalue weighted by molar-refractivity contribution is 0.544. The largest absolute Gasteiger partial charge is 0.310 e. The normalized spacial score (nSPS) is 21.5. The van der Waals surface area contributed by atoms with Crippen LogP contribution in [0.25, 0.3) is 0 Å². The van der Waals surface area contributed by atoms with Gasteiger partial charge in [0, 0.05) is 11.6 Å². The van der Waals surface area contributed by atoms with E-state index in [4.69, 9.17) is 11.6 Å². The first kappa shape index (κ1) is 9.87. The van der Waals surface area contributed by atoms with Gasteiger partial charge in [0.15, 0.2) is 0 Å². The van der Waals surface area contributed by atoms with E-state index >= 15 is 0 Å². The average Bonchev–Trinajstić information content (AvgIpc) is 2.65. The molecule has 0 amide bonds. The molecule has 0 bridgehead atoms. The van der Waals surface area contributed by atoms with Crippen molar-refractivity contribution in [2.45, 2.75) is 18.9 Å². The summed E-state index contributed by atoms with van der Waals surface area (Å²) in [7, 11) is 0. The Kier molecular flexibility index (Phi) is 2.70. The van der Waals surface area contributed by atoms with Crippen LogP contribution < -0.4 is 5.32 Å². The van der Waals surface area contributed by atoms with E-state index in [1.165, 1.54) is 0 Å². The third-order valence-corrected chi connectivity index (χ3v) is 2.87. The molecule has 0 spiro atoms. The number of hydrogen-bond acceptors (Lipinski definition) is 1. The summed E-state index contributed by atoms with van der Waals surface area (Å²) in [5.74, 6) is -0.993. The highest BCUT2D eigenvalue weighted by Crippen LogP contribution is 2.32. The Morgan fingerprint density at radius 3 is 2.64 bits per heavy atom. The first-order chi connectivity index (χ1) is 6.70. The van der Waals surface area contributed by atoms with Gasteiger partial charge in [0.25, 0.3) is 0 Å². The summed E-state index contributed by atoms with van der Waals surface area (Å²) in [4.78, 5) is 0. The third-order valence-electron chi connectivity index (χ3n) is 2.49. The highest BCUT2D eigenvalue weighted by molar-refractivity contribution is 6.31. The molecular weight excluding hydrogens is 208 g/mol. The molecule has 1 aromatic carbocycles. The molecule has 0 saturated carbocycles. The van der Waals surface area contributed by atoms with Crippen molar-refractivity contribution in [3.63, 3.8) is 0 Å². The van der Waals surface area contributed by atoms with Crippen molar-refractivity contribution in [3.8, 4) is 0 Å². The van der Waals surface area contributed by atoms with Crippen molar-refractivity contribution in [1.82, 2.24) is 5.32 Å². The molecule has 1 nitrogen and oxygen atoms in total. The van der Waals surface area contributed by atoms with Crippen LogP contribution in [0.4, 0.5) is 8.78 Å². The molecule has 4 heteroatoms. The number of hydrogen-bond donors (Lipinski definition) is 1. The minimum Gasteiger partial charge on any atom is -0.310 e. The molecule has 1 aromatic rings. The summed E-state index contributed by atoms with van der Waals surface area (Å²) in [6, 6.07) is 2.03. The molecular formula is C10H10ClF2N. The second-order valence-electron chi connectivity index (χ2n) is 3.41. The molecule has 76 valence electrons. The fraction of sp³-hybridized carbons (Fsp3) is 0.400. The van der Waals surface area contributed by atoms with Gasteiger partial charge in [-0.25, -0.2) is 8.78 Å². The van der Waals surface area contributed by atoms with Crippen LogP contribution in [0.5, 0.6) is 0 Å². The van der Waals surface area contributed by atoms with Crippen LogP contribution in [0.1, 0.15) is 24.4 Å². The number of nitrogens with one attached hydrogen (secondary N) is 1. The minimum absolute atomic E-state index is 0.0931. The first-order valence-corrected chi connectivity index (χ1v) is 4.94.